The molecule has 1 amide bonds. The maximum Gasteiger partial charge on any atom is 0.404 e. The Morgan fingerprint density at radius 2 is 2.00 bits per heavy atom. The maximum absolute atomic E-state index is 10.2. The third-order valence-electron chi connectivity index (χ3n) is 2.09. The number of hydrogen-bond donors (Lipinski definition) is 3. The van der Waals surface area contributed by atoms with E-state index < -0.39 is 6.09 Å². The second kappa shape index (κ2) is 6.44. The average molecular weight is 222 g/mol. The van der Waals surface area contributed by atoms with Crippen LogP contribution in [-0.4, -0.2) is 28.7 Å². The molecule has 0 heterocycles. The number of hydrogen-bond acceptors (Lipinski definition) is 3. The fourth-order valence-electron chi connectivity index (χ4n) is 1.33. The van der Waals surface area contributed by atoms with Gasteiger partial charge in [0.15, 0.2) is 0 Å². The van der Waals surface area contributed by atoms with Gasteiger partial charge in [-0.2, -0.15) is 0 Å². The van der Waals surface area contributed by atoms with E-state index in [1.54, 1.807) is 0 Å². The Kier molecular flexibility index (Phi) is 4.85. The van der Waals surface area contributed by atoms with Gasteiger partial charge in [0, 0.05) is 6.54 Å². The molecule has 0 unspecified atom stereocenters. The standard InChI is InChI=1S/C11H14N2O3/c14-11(15)12-8-4-7-10(13-16)9-5-2-1-3-6-9/h1-3,5-6,12,16H,4,7-8H2,(H,14,15)/b13-10+. The molecule has 0 fully saturated rings. The smallest absolute Gasteiger partial charge is 0.404 e. The molecule has 3 N–H and O–H groups in total. The van der Waals surface area contributed by atoms with Gasteiger partial charge in [0.25, 0.3) is 0 Å². The molecule has 16 heavy (non-hydrogen) atoms. The first-order valence-electron chi connectivity index (χ1n) is 4.97. The number of benzene rings is 1. The molecule has 0 aliphatic heterocycles. The van der Waals surface area contributed by atoms with Gasteiger partial charge in [0.05, 0.1) is 5.71 Å². The second-order valence-electron chi connectivity index (χ2n) is 3.25. The maximum atomic E-state index is 10.2. The second-order valence-corrected chi connectivity index (χ2v) is 3.25. The molecule has 1 aromatic carbocycles. The van der Waals surface area contributed by atoms with Crippen LogP contribution in [0.3, 0.4) is 0 Å². The van der Waals surface area contributed by atoms with Crippen LogP contribution in [0.25, 0.3) is 0 Å². The lowest BCUT2D eigenvalue weighted by Crippen LogP contribution is -2.22. The lowest BCUT2D eigenvalue weighted by Gasteiger charge is -2.04. The summed E-state index contributed by atoms with van der Waals surface area (Å²) in [4.78, 5) is 10.2. The number of carbonyl (C=O) groups is 1. The Labute approximate surface area is 93.4 Å². The van der Waals surface area contributed by atoms with Crippen LogP contribution in [0, 0.1) is 0 Å². The lowest BCUT2D eigenvalue weighted by molar-refractivity contribution is 0.194. The van der Waals surface area contributed by atoms with Crippen LogP contribution >= 0.6 is 0 Å². The van der Waals surface area contributed by atoms with Crippen molar-refractivity contribution in [1.29, 1.82) is 0 Å². The van der Waals surface area contributed by atoms with Crippen molar-refractivity contribution in [3.63, 3.8) is 0 Å². The summed E-state index contributed by atoms with van der Waals surface area (Å²) in [6.45, 7) is 0.348. The van der Waals surface area contributed by atoms with Crippen molar-refractivity contribution < 1.29 is 15.1 Å². The number of rotatable bonds is 5. The first kappa shape index (κ1) is 12.0. The summed E-state index contributed by atoms with van der Waals surface area (Å²) < 4.78 is 0. The number of nitrogens with zero attached hydrogens (tertiary/aromatic N) is 1. The zero-order chi connectivity index (χ0) is 11.8. The van der Waals surface area contributed by atoms with E-state index in [0.29, 0.717) is 25.1 Å². The van der Waals surface area contributed by atoms with E-state index in [-0.39, 0.29) is 0 Å². The molecule has 0 radical (unpaired) electrons. The van der Waals surface area contributed by atoms with E-state index >= 15 is 0 Å². The molecular weight excluding hydrogens is 208 g/mol. The van der Waals surface area contributed by atoms with E-state index in [9.17, 15) is 4.79 Å². The molecule has 0 spiro atoms. The van der Waals surface area contributed by atoms with Gasteiger partial charge < -0.3 is 15.6 Å². The van der Waals surface area contributed by atoms with Crippen molar-refractivity contribution in [2.75, 3.05) is 6.54 Å². The van der Waals surface area contributed by atoms with Crippen LogP contribution in [0.4, 0.5) is 4.79 Å². The topological polar surface area (TPSA) is 81.9 Å². The molecule has 0 bridgehead atoms. The molecule has 86 valence electrons. The normalized spacial score (nSPS) is 11.1. The molecule has 0 saturated heterocycles. The van der Waals surface area contributed by atoms with Gasteiger partial charge in [0.2, 0.25) is 0 Å². The monoisotopic (exact) mass is 222 g/mol. The SMILES string of the molecule is O=C(O)NCCC/C(=N\O)c1ccccc1. The average Bonchev–Trinajstić information content (AvgIpc) is 2.30. The number of oxime groups is 1. The van der Waals surface area contributed by atoms with E-state index in [2.05, 4.69) is 10.5 Å². The molecular formula is C11H14N2O3. The van der Waals surface area contributed by atoms with Gasteiger partial charge in [-0.1, -0.05) is 35.5 Å². The molecule has 0 atom stereocenters. The third-order valence-corrected chi connectivity index (χ3v) is 2.09. The molecule has 0 aliphatic carbocycles. The van der Waals surface area contributed by atoms with E-state index in [4.69, 9.17) is 10.3 Å². The van der Waals surface area contributed by atoms with Crippen LogP contribution < -0.4 is 5.32 Å². The van der Waals surface area contributed by atoms with Gasteiger partial charge >= 0.3 is 6.09 Å². The van der Waals surface area contributed by atoms with Crippen LogP contribution in [-0.2, 0) is 0 Å². The lowest BCUT2D eigenvalue weighted by atomic mass is 10.1. The minimum absolute atomic E-state index is 0.348. The Bertz CT molecular complexity index is 363. The highest BCUT2D eigenvalue weighted by molar-refractivity contribution is 6.00. The summed E-state index contributed by atoms with van der Waals surface area (Å²) in [6, 6.07) is 9.29. The number of carboxylic acid groups (broad SMARTS) is 1. The Morgan fingerprint density at radius 3 is 2.56 bits per heavy atom. The molecule has 5 nitrogen and oxygen atoms in total. The van der Waals surface area contributed by atoms with Crippen LogP contribution in [0.15, 0.2) is 35.5 Å². The molecule has 1 rings (SSSR count). The highest BCUT2D eigenvalue weighted by Gasteiger charge is 2.03. The zero-order valence-corrected chi connectivity index (χ0v) is 8.76. The van der Waals surface area contributed by atoms with Crippen molar-refractivity contribution in [3.8, 4) is 0 Å². The quantitative estimate of drug-likeness (QED) is 0.308. The largest absolute Gasteiger partial charge is 0.465 e. The van der Waals surface area contributed by atoms with Crippen molar-refractivity contribution in [1.82, 2.24) is 5.32 Å². The summed E-state index contributed by atoms with van der Waals surface area (Å²) in [7, 11) is 0. The Morgan fingerprint density at radius 1 is 1.31 bits per heavy atom. The van der Waals surface area contributed by atoms with Crippen molar-refractivity contribution in [3.05, 3.63) is 35.9 Å². The van der Waals surface area contributed by atoms with Gasteiger partial charge in [-0.25, -0.2) is 4.79 Å². The predicted octanol–water partition coefficient (Wildman–Crippen LogP) is 1.91. The van der Waals surface area contributed by atoms with Crippen LogP contribution in [0.2, 0.25) is 0 Å². The highest BCUT2D eigenvalue weighted by Crippen LogP contribution is 2.05. The summed E-state index contributed by atoms with van der Waals surface area (Å²) in [6.07, 6.45) is 0.0867. The van der Waals surface area contributed by atoms with Gasteiger partial charge in [-0.3, -0.25) is 0 Å². The van der Waals surface area contributed by atoms with Crippen molar-refractivity contribution in [2.45, 2.75) is 12.8 Å². The van der Waals surface area contributed by atoms with E-state index in [1.165, 1.54) is 0 Å². The predicted molar refractivity (Wildman–Crippen MR) is 60.0 cm³/mol. The summed E-state index contributed by atoms with van der Waals surface area (Å²) >= 11 is 0. The van der Waals surface area contributed by atoms with Crippen molar-refractivity contribution in [2.24, 2.45) is 5.16 Å². The third kappa shape index (κ3) is 4.00. The summed E-state index contributed by atoms with van der Waals surface area (Å²) in [5, 5.41) is 22.7. The first-order valence-corrected chi connectivity index (χ1v) is 4.97. The van der Waals surface area contributed by atoms with Gasteiger partial charge in [-0.05, 0) is 18.4 Å². The van der Waals surface area contributed by atoms with Gasteiger partial charge in [0.1, 0.15) is 0 Å². The number of nitrogens with one attached hydrogen (secondary N) is 1. The molecule has 0 saturated carbocycles. The van der Waals surface area contributed by atoms with Crippen LogP contribution in [0.1, 0.15) is 18.4 Å². The Balaban J connectivity index is 2.43. The fraction of sp³-hybridized carbons (Fsp3) is 0.273. The van der Waals surface area contributed by atoms with E-state index in [0.717, 1.165) is 5.56 Å². The van der Waals surface area contributed by atoms with E-state index in [1.807, 2.05) is 30.3 Å². The van der Waals surface area contributed by atoms with Crippen molar-refractivity contribution >= 4 is 11.8 Å². The first-order chi connectivity index (χ1) is 7.74. The summed E-state index contributed by atoms with van der Waals surface area (Å²) in [5.41, 5.74) is 1.41. The minimum atomic E-state index is -1.04. The summed E-state index contributed by atoms with van der Waals surface area (Å²) in [5.74, 6) is 0. The molecule has 1 aromatic rings. The minimum Gasteiger partial charge on any atom is -0.465 e. The molecule has 0 aliphatic rings. The molecule has 5 heteroatoms. The highest BCUT2D eigenvalue weighted by atomic mass is 16.4. The zero-order valence-electron chi connectivity index (χ0n) is 8.76. The fourth-order valence-corrected chi connectivity index (χ4v) is 1.33. The Hall–Kier alpha value is -2.04. The van der Waals surface area contributed by atoms with Crippen LogP contribution in [0.5, 0.6) is 0 Å². The number of amides is 1. The van der Waals surface area contributed by atoms with Gasteiger partial charge in [-0.15, -0.1) is 0 Å². The molecule has 0 aromatic heterocycles.